The zero-order valence-corrected chi connectivity index (χ0v) is 13.4. The van der Waals surface area contributed by atoms with Crippen LogP contribution >= 0.6 is 0 Å². The van der Waals surface area contributed by atoms with Crippen LogP contribution in [0.3, 0.4) is 0 Å². The van der Waals surface area contributed by atoms with Crippen molar-refractivity contribution in [1.29, 1.82) is 0 Å². The third-order valence-corrected chi connectivity index (χ3v) is 4.77. The molecule has 0 spiro atoms. The van der Waals surface area contributed by atoms with Crippen LogP contribution in [-0.2, 0) is 14.8 Å². The Kier molecular flexibility index (Phi) is 5.58. The van der Waals surface area contributed by atoms with E-state index in [4.69, 9.17) is 11.2 Å². The minimum Gasteiger partial charge on any atom is -0.461 e. The van der Waals surface area contributed by atoms with Gasteiger partial charge in [0, 0.05) is 11.3 Å². The number of carbonyl (C=O) groups is 1. The molecule has 116 valence electrons. The van der Waals surface area contributed by atoms with E-state index in [1.54, 1.807) is 27.7 Å². The van der Waals surface area contributed by atoms with E-state index in [0.29, 0.717) is 17.7 Å². The van der Waals surface area contributed by atoms with Crippen LogP contribution in [0.4, 0.5) is 0 Å². The van der Waals surface area contributed by atoms with Crippen LogP contribution in [0, 0.1) is 26.2 Å². The predicted octanol–water partition coefficient (Wildman–Crippen LogP) is 1.50. The van der Waals surface area contributed by atoms with Gasteiger partial charge in [0.25, 0.3) is 0 Å². The van der Waals surface area contributed by atoms with E-state index in [1.165, 1.54) is 0 Å². The fraction of sp³-hybridized carbons (Fsp3) is 0.500. The molecule has 0 amide bonds. The van der Waals surface area contributed by atoms with Gasteiger partial charge in [-0.15, -0.1) is 6.42 Å². The maximum absolute atomic E-state index is 12.4. The highest BCUT2D eigenvalue weighted by molar-refractivity contribution is 7.89. The summed E-state index contributed by atoms with van der Waals surface area (Å²) in [5.41, 5.74) is 0.837. The van der Waals surface area contributed by atoms with Gasteiger partial charge < -0.3 is 9.72 Å². The molecule has 1 heterocycles. The van der Waals surface area contributed by atoms with E-state index in [2.05, 4.69) is 15.6 Å². The molecule has 0 aromatic carbocycles. The highest BCUT2D eigenvalue weighted by atomic mass is 32.2. The third kappa shape index (κ3) is 3.65. The van der Waals surface area contributed by atoms with Crippen LogP contribution in [0.2, 0.25) is 0 Å². The average molecular weight is 312 g/mol. The first kappa shape index (κ1) is 17.3. The number of carbonyl (C=O) groups excluding carboxylic acids is 1. The van der Waals surface area contributed by atoms with Gasteiger partial charge in [-0.05, 0) is 27.2 Å². The van der Waals surface area contributed by atoms with Crippen molar-refractivity contribution >= 4 is 16.0 Å². The van der Waals surface area contributed by atoms with Gasteiger partial charge in [0.15, 0.2) is 0 Å². The Morgan fingerprint density at radius 2 is 2.05 bits per heavy atom. The first-order valence-electron chi connectivity index (χ1n) is 6.63. The molecule has 1 rings (SSSR count). The fourth-order valence-corrected chi connectivity index (χ4v) is 3.71. The first-order valence-corrected chi connectivity index (χ1v) is 8.11. The van der Waals surface area contributed by atoms with Crippen molar-refractivity contribution in [2.45, 2.75) is 45.1 Å². The molecular formula is C14H20N2O4S. The summed E-state index contributed by atoms with van der Waals surface area (Å²) in [6.45, 7) is 6.82. The molecule has 0 aliphatic heterocycles. The van der Waals surface area contributed by atoms with Crippen molar-refractivity contribution in [3.63, 3.8) is 0 Å². The average Bonchev–Trinajstić information content (AvgIpc) is 2.72. The van der Waals surface area contributed by atoms with E-state index in [9.17, 15) is 13.2 Å². The van der Waals surface area contributed by atoms with E-state index in [-0.39, 0.29) is 17.2 Å². The molecule has 7 heteroatoms. The van der Waals surface area contributed by atoms with Crippen molar-refractivity contribution < 1.29 is 17.9 Å². The summed E-state index contributed by atoms with van der Waals surface area (Å²) < 4.78 is 32.2. The summed E-state index contributed by atoms with van der Waals surface area (Å²) in [4.78, 5) is 14.6. The number of H-pyrrole nitrogens is 1. The van der Waals surface area contributed by atoms with Gasteiger partial charge in [0.05, 0.1) is 12.6 Å². The molecule has 0 bridgehead atoms. The normalized spacial score (nSPS) is 12.7. The molecule has 1 aromatic rings. The summed E-state index contributed by atoms with van der Waals surface area (Å²) >= 11 is 0. The van der Waals surface area contributed by atoms with Gasteiger partial charge in [-0.3, -0.25) is 0 Å². The largest absolute Gasteiger partial charge is 0.461 e. The third-order valence-electron chi connectivity index (χ3n) is 3.02. The maximum atomic E-state index is 12.4. The Morgan fingerprint density at radius 1 is 1.43 bits per heavy atom. The SMILES string of the molecule is C#CC(CC)NS(=O)(=O)c1c(C)[nH]c(C(=O)OCC)c1C. The Balaban J connectivity index is 3.26. The van der Waals surface area contributed by atoms with Gasteiger partial charge in [0.2, 0.25) is 10.0 Å². The molecule has 1 unspecified atom stereocenters. The number of hydrogen-bond acceptors (Lipinski definition) is 4. The number of terminal acetylenes is 1. The van der Waals surface area contributed by atoms with Crippen molar-refractivity contribution in [1.82, 2.24) is 9.71 Å². The highest BCUT2D eigenvalue weighted by Crippen LogP contribution is 2.24. The second kappa shape index (κ2) is 6.78. The molecule has 1 aromatic heterocycles. The molecule has 0 radical (unpaired) electrons. The number of aryl methyl sites for hydroxylation is 1. The van der Waals surface area contributed by atoms with Crippen LogP contribution in [-0.4, -0.2) is 32.0 Å². The summed E-state index contributed by atoms with van der Waals surface area (Å²) in [7, 11) is -3.80. The van der Waals surface area contributed by atoms with E-state index < -0.39 is 22.0 Å². The van der Waals surface area contributed by atoms with Crippen molar-refractivity contribution in [3.05, 3.63) is 17.0 Å². The quantitative estimate of drug-likeness (QED) is 0.615. The second-order valence-electron chi connectivity index (χ2n) is 4.55. The zero-order valence-electron chi connectivity index (χ0n) is 12.6. The molecule has 2 N–H and O–H groups in total. The molecular weight excluding hydrogens is 292 g/mol. The Labute approximate surface area is 125 Å². The van der Waals surface area contributed by atoms with Gasteiger partial charge in [-0.2, -0.15) is 4.72 Å². The van der Waals surface area contributed by atoms with Crippen LogP contribution in [0.1, 0.15) is 42.0 Å². The van der Waals surface area contributed by atoms with Gasteiger partial charge in [0.1, 0.15) is 10.6 Å². The van der Waals surface area contributed by atoms with E-state index in [1.807, 2.05) is 0 Å². The molecule has 0 saturated heterocycles. The van der Waals surface area contributed by atoms with Crippen LogP contribution in [0.25, 0.3) is 0 Å². The Morgan fingerprint density at radius 3 is 2.52 bits per heavy atom. The monoisotopic (exact) mass is 312 g/mol. The van der Waals surface area contributed by atoms with Gasteiger partial charge in [-0.1, -0.05) is 12.8 Å². The van der Waals surface area contributed by atoms with Crippen LogP contribution < -0.4 is 4.72 Å². The summed E-state index contributed by atoms with van der Waals surface area (Å²) in [5, 5.41) is 0. The smallest absolute Gasteiger partial charge is 0.355 e. The Bertz CT molecular complexity index is 668. The summed E-state index contributed by atoms with van der Waals surface area (Å²) in [6, 6.07) is -0.588. The number of rotatable bonds is 6. The fourth-order valence-electron chi connectivity index (χ4n) is 2.02. The number of aromatic amines is 1. The van der Waals surface area contributed by atoms with Crippen molar-refractivity contribution in [2.24, 2.45) is 0 Å². The lowest BCUT2D eigenvalue weighted by Gasteiger charge is -2.12. The number of sulfonamides is 1. The molecule has 0 aliphatic rings. The number of nitrogens with one attached hydrogen (secondary N) is 2. The maximum Gasteiger partial charge on any atom is 0.355 e. The van der Waals surface area contributed by atoms with Crippen molar-refractivity contribution in [3.8, 4) is 12.3 Å². The molecule has 0 aliphatic carbocycles. The van der Waals surface area contributed by atoms with E-state index >= 15 is 0 Å². The number of hydrogen-bond donors (Lipinski definition) is 2. The summed E-state index contributed by atoms with van der Waals surface area (Å²) in [5.74, 6) is 1.79. The molecule has 1 atom stereocenters. The summed E-state index contributed by atoms with van der Waals surface area (Å²) in [6.07, 6.45) is 5.75. The lowest BCUT2D eigenvalue weighted by Crippen LogP contribution is -2.33. The molecule has 0 fully saturated rings. The number of esters is 1. The lowest BCUT2D eigenvalue weighted by atomic mass is 10.2. The zero-order chi connectivity index (χ0) is 16.2. The van der Waals surface area contributed by atoms with Crippen LogP contribution in [0.15, 0.2) is 4.90 Å². The van der Waals surface area contributed by atoms with Crippen molar-refractivity contribution in [2.75, 3.05) is 6.61 Å². The molecule has 21 heavy (non-hydrogen) atoms. The Hall–Kier alpha value is -1.78. The standard InChI is InChI=1S/C14H20N2O4S/c1-6-11(7-2)16-21(18,19)13-9(4)12(15-10(13)5)14(17)20-8-3/h1,11,15-16H,7-8H2,2-5H3. The predicted molar refractivity (Wildman–Crippen MR) is 79.5 cm³/mol. The molecule has 0 saturated carbocycles. The first-order chi connectivity index (χ1) is 9.78. The van der Waals surface area contributed by atoms with Crippen LogP contribution in [0.5, 0.6) is 0 Å². The molecule has 6 nitrogen and oxygen atoms in total. The minimum atomic E-state index is -3.80. The topological polar surface area (TPSA) is 88.3 Å². The second-order valence-corrected chi connectivity index (χ2v) is 6.20. The number of aromatic nitrogens is 1. The van der Waals surface area contributed by atoms with Gasteiger partial charge >= 0.3 is 5.97 Å². The minimum absolute atomic E-state index is 0.0410. The van der Waals surface area contributed by atoms with Gasteiger partial charge in [-0.25, -0.2) is 13.2 Å². The lowest BCUT2D eigenvalue weighted by molar-refractivity contribution is 0.0519. The van der Waals surface area contributed by atoms with E-state index in [0.717, 1.165) is 0 Å². The number of ether oxygens (including phenoxy) is 1. The highest BCUT2D eigenvalue weighted by Gasteiger charge is 2.28.